The number of fused-ring (bicyclic) bond motifs is 8. The monoisotopic (exact) mass is 848 g/mol. The Kier molecular flexibility index (Phi) is 13.7. The second kappa shape index (κ2) is 19.8. The molecule has 8 heteroatoms. The van der Waals surface area contributed by atoms with Gasteiger partial charge in [-0.05, 0) is 122 Å². The third-order valence-electron chi connectivity index (χ3n) is 10.4. The fourth-order valence-corrected chi connectivity index (χ4v) is 7.34. The van der Waals surface area contributed by atoms with Crippen LogP contribution < -0.4 is 0 Å². The molecule has 5 heterocycles. The Morgan fingerprint density at radius 1 is 0.443 bits per heavy atom. The van der Waals surface area contributed by atoms with Gasteiger partial charge in [-0.15, -0.1) is 0 Å². The molecule has 0 saturated carbocycles. The zero-order chi connectivity index (χ0) is 41.3. The van der Waals surface area contributed by atoms with E-state index in [0.29, 0.717) is 56.2 Å². The molecule has 294 valence electrons. The van der Waals surface area contributed by atoms with Crippen molar-refractivity contribution in [2.75, 3.05) is 0 Å². The first-order chi connectivity index (χ1) is 29.4. The topological polar surface area (TPSA) is 118 Å². The Morgan fingerprint density at radius 2 is 0.820 bits per heavy atom. The number of aromatic hydroxyl groups is 3. The number of phenolic OH excluding ortho intramolecular Hbond substituents is 3. The van der Waals surface area contributed by atoms with E-state index >= 15 is 0 Å². The van der Waals surface area contributed by atoms with Crippen molar-refractivity contribution >= 4 is 46.4 Å². The third kappa shape index (κ3) is 10.4. The summed E-state index contributed by atoms with van der Waals surface area (Å²) >= 11 is 0. The SMILES string of the molecule is CCCCCCCCCc1c2ccc([nH]2)c(C#Cc2cccc(O)c2)c2nc(c(C#Cc3cccc(O)c3)c3nc(c(C#Cc4cccc(O)c4)c4ccc1[nH]4)C=C3)C=C2.[Zn+2]. The molecule has 0 unspecified atom stereocenters. The maximum atomic E-state index is 10.2. The molecule has 0 radical (unpaired) electrons. The summed E-state index contributed by atoms with van der Waals surface area (Å²) in [6.07, 6.45) is 17.0. The predicted molar refractivity (Wildman–Crippen MR) is 243 cm³/mol. The average molecular weight is 850 g/mol. The van der Waals surface area contributed by atoms with Gasteiger partial charge in [0.1, 0.15) is 17.2 Å². The van der Waals surface area contributed by atoms with Gasteiger partial charge in [0.2, 0.25) is 0 Å². The Labute approximate surface area is 369 Å². The van der Waals surface area contributed by atoms with Crippen molar-refractivity contribution in [2.24, 2.45) is 0 Å². The van der Waals surface area contributed by atoms with Crippen LogP contribution in [0.3, 0.4) is 0 Å². The Morgan fingerprint density at radius 3 is 1.25 bits per heavy atom. The van der Waals surface area contributed by atoms with Crippen molar-refractivity contribution in [3.05, 3.63) is 159 Å². The molecule has 8 bridgehead atoms. The van der Waals surface area contributed by atoms with Gasteiger partial charge < -0.3 is 25.3 Å². The average Bonchev–Trinajstić information content (AvgIpc) is 4.09. The Hall–Kier alpha value is -7.04. The van der Waals surface area contributed by atoms with E-state index in [0.717, 1.165) is 46.9 Å². The van der Waals surface area contributed by atoms with Gasteiger partial charge in [-0.1, -0.05) is 99.2 Å². The van der Waals surface area contributed by atoms with E-state index in [9.17, 15) is 15.3 Å². The molecule has 3 aromatic heterocycles. The number of H-pyrrole nitrogens is 2. The second-order valence-corrected chi connectivity index (χ2v) is 14.9. The Bertz CT molecular complexity index is 2870. The van der Waals surface area contributed by atoms with Crippen LogP contribution in [-0.4, -0.2) is 35.3 Å². The van der Waals surface area contributed by atoms with E-state index < -0.39 is 0 Å². The van der Waals surface area contributed by atoms with E-state index in [2.05, 4.69) is 76.7 Å². The van der Waals surface area contributed by atoms with Gasteiger partial charge in [0, 0.05) is 27.7 Å². The number of nitrogens with one attached hydrogen (secondary N) is 2. The zero-order valence-electron chi connectivity index (χ0n) is 34.1. The molecule has 5 N–H and O–H groups in total. The van der Waals surface area contributed by atoms with E-state index in [1.165, 1.54) is 32.1 Å². The molecule has 0 fully saturated rings. The van der Waals surface area contributed by atoms with Gasteiger partial charge in [0.05, 0.1) is 50.5 Å². The normalized spacial score (nSPS) is 11.1. The minimum absolute atomic E-state index is 0. The fraction of sp³-hybridized carbons (Fsp3) is 0.170. The predicted octanol–water partition coefficient (Wildman–Crippen LogP) is 11.3. The van der Waals surface area contributed by atoms with Gasteiger partial charge in [0.15, 0.2) is 0 Å². The minimum atomic E-state index is 0. The zero-order valence-corrected chi connectivity index (χ0v) is 37.1. The van der Waals surface area contributed by atoms with Crippen molar-refractivity contribution in [1.82, 2.24) is 19.9 Å². The van der Waals surface area contributed by atoms with Gasteiger partial charge in [-0.25, -0.2) is 9.97 Å². The molecule has 7 nitrogen and oxygen atoms in total. The first-order valence-corrected chi connectivity index (χ1v) is 20.5. The molecule has 2 aliphatic heterocycles. The van der Waals surface area contributed by atoms with E-state index in [1.807, 2.05) is 42.5 Å². The van der Waals surface area contributed by atoms with E-state index in [4.69, 9.17) is 9.97 Å². The summed E-state index contributed by atoms with van der Waals surface area (Å²) in [7, 11) is 0. The number of benzene rings is 3. The second-order valence-electron chi connectivity index (χ2n) is 14.9. The summed E-state index contributed by atoms with van der Waals surface area (Å²) in [5.41, 5.74) is 11.2. The van der Waals surface area contributed by atoms with Crippen molar-refractivity contribution in [2.45, 2.75) is 58.3 Å². The molecule has 0 atom stereocenters. The van der Waals surface area contributed by atoms with Crippen molar-refractivity contribution in [3.63, 3.8) is 0 Å². The van der Waals surface area contributed by atoms with Crippen molar-refractivity contribution < 1.29 is 34.8 Å². The number of phenols is 3. The standard InChI is InChI=1S/C53H44N4O3.Zn/c1-2-3-4-5-6-7-8-18-42-46-25-27-48(54-46)43(22-19-36-12-9-15-39(58)33-36)50-29-31-52(56-50)45(24-21-38-14-11-17-41(60)35-38)53-32-30-51(57-53)44(49-28-26-47(42)55-49)23-20-37-13-10-16-40(59)34-37;/h9-17,25-35,54-55,58-60H,2-8,18H2,1H3;/q;+2. The van der Waals surface area contributed by atoms with Gasteiger partial charge in [-0.3, -0.25) is 0 Å². The molecular weight excluding hydrogens is 806 g/mol. The molecule has 8 rings (SSSR count). The van der Waals surface area contributed by atoms with Crippen LogP contribution in [-0.2, 0) is 25.9 Å². The number of aromatic amines is 2. The quantitative estimate of drug-likeness (QED) is 0.0593. The summed E-state index contributed by atoms with van der Waals surface area (Å²) < 4.78 is 0. The molecule has 0 amide bonds. The molecule has 0 spiro atoms. The summed E-state index contributed by atoms with van der Waals surface area (Å²) in [5.74, 6) is 20.2. The first-order valence-electron chi connectivity index (χ1n) is 20.5. The largest absolute Gasteiger partial charge is 2.00 e. The van der Waals surface area contributed by atoms with Crippen LogP contribution in [0, 0.1) is 35.5 Å². The van der Waals surface area contributed by atoms with Crippen LogP contribution in [0.5, 0.6) is 17.2 Å². The first kappa shape index (κ1) is 42.1. The molecule has 3 aromatic carbocycles. The van der Waals surface area contributed by atoms with E-state index in [-0.39, 0.29) is 36.7 Å². The van der Waals surface area contributed by atoms with E-state index in [1.54, 1.807) is 54.6 Å². The molecule has 2 aliphatic rings. The summed E-state index contributed by atoms with van der Waals surface area (Å²) in [5, 5.41) is 30.6. The number of nitrogens with zero attached hydrogens (tertiary/aromatic N) is 2. The molecule has 61 heavy (non-hydrogen) atoms. The number of rotatable bonds is 8. The smallest absolute Gasteiger partial charge is 0.508 e. The van der Waals surface area contributed by atoms with Crippen LogP contribution in [0.2, 0.25) is 0 Å². The molecule has 0 saturated heterocycles. The maximum Gasteiger partial charge on any atom is 2.00 e. The summed E-state index contributed by atoms with van der Waals surface area (Å²) in [4.78, 5) is 17.7. The van der Waals surface area contributed by atoms with Crippen LogP contribution in [0.4, 0.5) is 0 Å². The summed E-state index contributed by atoms with van der Waals surface area (Å²) in [6.45, 7) is 2.25. The fourth-order valence-electron chi connectivity index (χ4n) is 7.34. The summed E-state index contributed by atoms with van der Waals surface area (Å²) in [6, 6.07) is 29.0. The van der Waals surface area contributed by atoms with Crippen LogP contribution >= 0.6 is 0 Å². The van der Waals surface area contributed by atoms with Gasteiger partial charge >= 0.3 is 19.5 Å². The van der Waals surface area contributed by atoms with Crippen LogP contribution in [0.25, 0.3) is 46.4 Å². The maximum absolute atomic E-state index is 10.2. The van der Waals surface area contributed by atoms with Crippen molar-refractivity contribution in [3.8, 4) is 52.8 Å². The number of hydrogen-bond acceptors (Lipinski definition) is 5. The number of aromatic nitrogens is 4. The van der Waals surface area contributed by atoms with Crippen LogP contribution in [0.15, 0.2) is 97.1 Å². The minimum Gasteiger partial charge on any atom is -0.508 e. The number of aryl methyl sites for hydroxylation is 1. The molecule has 6 aromatic rings. The third-order valence-corrected chi connectivity index (χ3v) is 10.4. The Balaban J connectivity index is 0.00000561. The molecular formula is C53H44N4O3Zn+2. The van der Waals surface area contributed by atoms with Crippen LogP contribution in [0.1, 0.15) is 114 Å². The number of hydrogen-bond donors (Lipinski definition) is 5. The van der Waals surface area contributed by atoms with Gasteiger partial charge in [0.25, 0.3) is 0 Å². The number of unbranched alkanes of at least 4 members (excludes halogenated alkanes) is 6. The van der Waals surface area contributed by atoms with Gasteiger partial charge in [-0.2, -0.15) is 0 Å². The molecule has 0 aliphatic carbocycles. The van der Waals surface area contributed by atoms with Crippen molar-refractivity contribution in [1.29, 1.82) is 0 Å².